The standard InChI is InChI=1S/C13H14N4O3/c1-2-7-4-17(10-3-8(19)9(5-18)20-10)13-11(7)12(14)15-6-16-13/h1,4,6,8-10,18-19H,3,5H2,(H2,14,15,16)/t8-,9+,10+/m0/s1. The zero-order chi connectivity index (χ0) is 14.3. The molecule has 0 unspecified atom stereocenters. The molecule has 7 nitrogen and oxygen atoms in total. The molecule has 0 aliphatic carbocycles. The lowest BCUT2D eigenvalue weighted by molar-refractivity contribution is -0.0430. The van der Waals surface area contributed by atoms with Crippen LogP contribution in [-0.2, 0) is 4.74 Å². The highest BCUT2D eigenvalue weighted by Crippen LogP contribution is 2.33. The maximum absolute atomic E-state index is 9.82. The zero-order valence-electron chi connectivity index (χ0n) is 10.6. The number of nitrogen functional groups attached to an aromatic ring is 1. The van der Waals surface area contributed by atoms with Gasteiger partial charge in [-0.05, 0) is 0 Å². The summed E-state index contributed by atoms with van der Waals surface area (Å²) >= 11 is 0. The molecule has 1 aliphatic rings. The van der Waals surface area contributed by atoms with Crippen LogP contribution >= 0.6 is 0 Å². The Kier molecular flexibility index (Phi) is 3.06. The van der Waals surface area contributed by atoms with E-state index in [2.05, 4.69) is 15.9 Å². The van der Waals surface area contributed by atoms with Crippen LogP contribution in [0.2, 0.25) is 0 Å². The highest BCUT2D eigenvalue weighted by molar-refractivity contribution is 5.92. The maximum Gasteiger partial charge on any atom is 0.148 e. The van der Waals surface area contributed by atoms with E-state index in [0.29, 0.717) is 28.8 Å². The van der Waals surface area contributed by atoms with Crippen molar-refractivity contribution >= 4 is 16.9 Å². The minimum absolute atomic E-state index is 0.240. The predicted octanol–water partition coefficient (Wildman–Crippen LogP) is -0.364. The van der Waals surface area contributed by atoms with Gasteiger partial charge in [-0.25, -0.2) is 9.97 Å². The molecule has 0 radical (unpaired) electrons. The van der Waals surface area contributed by atoms with Gasteiger partial charge in [-0.3, -0.25) is 0 Å². The van der Waals surface area contributed by atoms with E-state index in [1.807, 2.05) is 0 Å². The number of rotatable bonds is 2. The van der Waals surface area contributed by atoms with Crippen LogP contribution in [0.1, 0.15) is 18.2 Å². The zero-order valence-corrected chi connectivity index (χ0v) is 10.6. The number of anilines is 1. The highest BCUT2D eigenvalue weighted by atomic mass is 16.5. The van der Waals surface area contributed by atoms with E-state index in [1.165, 1.54) is 6.33 Å². The van der Waals surface area contributed by atoms with Crippen molar-refractivity contribution in [3.63, 3.8) is 0 Å². The molecular formula is C13H14N4O3. The van der Waals surface area contributed by atoms with Crippen molar-refractivity contribution in [2.75, 3.05) is 12.3 Å². The molecule has 2 aromatic heterocycles. The average Bonchev–Trinajstić information content (AvgIpc) is 3.00. The van der Waals surface area contributed by atoms with E-state index in [9.17, 15) is 5.11 Å². The molecule has 0 spiro atoms. The molecular weight excluding hydrogens is 260 g/mol. The summed E-state index contributed by atoms with van der Waals surface area (Å²) in [4.78, 5) is 8.11. The van der Waals surface area contributed by atoms with Crippen molar-refractivity contribution in [2.24, 2.45) is 0 Å². The van der Waals surface area contributed by atoms with Gasteiger partial charge in [0.15, 0.2) is 0 Å². The highest BCUT2D eigenvalue weighted by Gasteiger charge is 2.35. The van der Waals surface area contributed by atoms with Gasteiger partial charge in [-0.15, -0.1) is 6.42 Å². The van der Waals surface area contributed by atoms with Crippen LogP contribution in [0.25, 0.3) is 11.0 Å². The molecule has 3 atom stereocenters. The van der Waals surface area contributed by atoms with Crippen molar-refractivity contribution in [1.82, 2.24) is 14.5 Å². The number of hydrogen-bond donors (Lipinski definition) is 3. The third kappa shape index (κ3) is 1.82. The van der Waals surface area contributed by atoms with Crippen molar-refractivity contribution in [3.8, 4) is 12.3 Å². The lowest BCUT2D eigenvalue weighted by atomic mass is 10.2. The minimum atomic E-state index is -0.726. The summed E-state index contributed by atoms with van der Waals surface area (Å²) in [6.07, 6.45) is 7.10. The van der Waals surface area contributed by atoms with Crippen molar-refractivity contribution in [3.05, 3.63) is 18.1 Å². The summed E-state index contributed by atoms with van der Waals surface area (Å²) < 4.78 is 7.33. The van der Waals surface area contributed by atoms with E-state index in [0.717, 1.165) is 0 Å². The quantitative estimate of drug-likeness (QED) is 0.645. The van der Waals surface area contributed by atoms with Crippen LogP contribution in [0.3, 0.4) is 0 Å². The van der Waals surface area contributed by atoms with Crippen LogP contribution < -0.4 is 5.73 Å². The number of terminal acetylenes is 1. The summed E-state index contributed by atoms with van der Waals surface area (Å²) in [6.45, 7) is -0.240. The average molecular weight is 274 g/mol. The molecule has 1 aliphatic heterocycles. The van der Waals surface area contributed by atoms with Gasteiger partial charge >= 0.3 is 0 Å². The first-order chi connectivity index (χ1) is 9.65. The lowest BCUT2D eigenvalue weighted by Crippen LogP contribution is -2.24. The largest absolute Gasteiger partial charge is 0.394 e. The lowest BCUT2D eigenvalue weighted by Gasteiger charge is -2.14. The minimum Gasteiger partial charge on any atom is -0.394 e. The Bertz CT molecular complexity index is 691. The first-order valence-electron chi connectivity index (χ1n) is 6.17. The summed E-state index contributed by atoms with van der Waals surface area (Å²) in [5.74, 6) is 2.85. The van der Waals surface area contributed by atoms with E-state index < -0.39 is 18.4 Å². The molecule has 1 fully saturated rings. The molecule has 2 aromatic rings. The van der Waals surface area contributed by atoms with Crippen LogP contribution in [0.5, 0.6) is 0 Å². The number of aliphatic hydroxyl groups excluding tert-OH is 2. The molecule has 4 N–H and O–H groups in total. The molecule has 20 heavy (non-hydrogen) atoms. The third-order valence-electron chi connectivity index (χ3n) is 3.49. The molecule has 0 saturated carbocycles. The fourth-order valence-corrected chi connectivity index (χ4v) is 2.49. The number of nitrogens with zero attached hydrogens (tertiary/aromatic N) is 3. The third-order valence-corrected chi connectivity index (χ3v) is 3.49. The molecule has 0 aromatic carbocycles. The van der Waals surface area contributed by atoms with Crippen LogP contribution in [-0.4, -0.2) is 43.6 Å². The Morgan fingerprint density at radius 2 is 2.35 bits per heavy atom. The van der Waals surface area contributed by atoms with E-state index in [1.54, 1.807) is 10.8 Å². The monoisotopic (exact) mass is 274 g/mol. The first kappa shape index (κ1) is 12.9. The Morgan fingerprint density at radius 3 is 3.00 bits per heavy atom. The molecule has 104 valence electrons. The summed E-state index contributed by atoms with van der Waals surface area (Å²) in [5, 5.41) is 19.6. The molecule has 0 bridgehead atoms. The van der Waals surface area contributed by atoms with E-state index in [4.69, 9.17) is 22.0 Å². The van der Waals surface area contributed by atoms with Crippen LogP contribution in [0, 0.1) is 12.3 Å². The molecule has 1 saturated heterocycles. The number of nitrogens with two attached hydrogens (primary N) is 1. The smallest absolute Gasteiger partial charge is 0.148 e. The summed E-state index contributed by atoms with van der Waals surface area (Å²) in [6, 6.07) is 0. The molecule has 0 amide bonds. The Hall–Kier alpha value is -2.14. The number of aromatic nitrogens is 3. The number of fused-ring (bicyclic) bond motifs is 1. The summed E-state index contributed by atoms with van der Waals surface area (Å²) in [7, 11) is 0. The second-order valence-corrected chi connectivity index (χ2v) is 4.67. The van der Waals surface area contributed by atoms with Gasteiger partial charge in [0.2, 0.25) is 0 Å². The number of aliphatic hydroxyl groups is 2. The predicted molar refractivity (Wildman–Crippen MR) is 71.5 cm³/mol. The van der Waals surface area contributed by atoms with Gasteiger partial charge in [-0.2, -0.15) is 0 Å². The molecule has 3 rings (SSSR count). The Balaban J connectivity index is 2.10. The van der Waals surface area contributed by atoms with E-state index >= 15 is 0 Å². The number of ether oxygens (including phenoxy) is 1. The number of hydrogen-bond acceptors (Lipinski definition) is 6. The van der Waals surface area contributed by atoms with Gasteiger partial charge in [0.1, 0.15) is 30.1 Å². The Labute approximate surface area is 115 Å². The van der Waals surface area contributed by atoms with Gasteiger partial charge < -0.3 is 25.3 Å². The fourth-order valence-electron chi connectivity index (χ4n) is 2.49. The second kappa shape index (κ2) is 4.76. The van der Waals surface area contributed by atoms with Gasteiger partial charge in [-0.1, -0.05) is 5.92 Å². The second-order valence-electron chi connectivity index (χ2n) is 4.67. The van der Waals surface area contributed by atoms with Gasteiger partial charge in [0.05, 0.1) is 23.7 Å². The van der Waals surface area contributed by atoms with Gasteiger partial charge in [0.25, 0.3) is 0 Å². The van der Waals surface area contributed by atoms with Crippen LogP contribution in [0.15, 0.2) is 12.5 Å². The fraction of sp³-hybridized carbons (Fsp3) is 0.385. The molecule has 7 heteroatoms. The summed E-state index contributed by atoms with van der Waals surface area (Å²) in [5.41, 5.74) is 6.96. The Morgan fingerprint density at radius 1 is 1.55 bits per heavy atom. The van der Waals surface area contributed by atoms with Crippen LogP contribution in [0.4, 0.5) is 5.82 Å². The normalized spacial score (nSPS) is 25.9. The topological polar surface area (TPSA) is 106 Å². The van der Waals surface area contributed by atoms with Crippen molar-refractivity contribution in [2.45, 2.75) is 24.9 Å². The van der Waals surface area contributed by atoms with E-state index in [-0.39, 0.29) is 6.61 Å². The maximum atomic E-state index is 9.82. The van der Waals surface area contributed by atoms with Crippen molar-refractivity contribution in [1.29, 1.82) is 0 Å². The van der Waals surface area contributed by atoms with Crippen molar-refractivity contribution < 1.29 is 14.9 Å². The first-order valence-corrected chi connectivity index (χ1v) is 6.17. The SMILES string of the molecule is C#Cc1cn([C@H]2C[C@H](O)[C@@H](CO)O2)c2ncnc(N)c12. The van der Waals surface area contributed by atoms with Gasteiger partial charge in [0, 0.05) is 12.6 Å². The molecule has 3 heterocycles.